The lowest BCUT2D eigenvalue weighted by molar-refractivity contribution is 0.0697. The summed E-state index contributed by atoms with van der Waals surface area (Å²) in [6.45, 7) is 2.76. The third-order valence-electron chi connectivity index (χ3n) is 3.28. The number of hydrogen-bond acceptors (Lipinski definition) is 2. The molecule has 0 unspecified atom stereocenters. The van der Waals surface area contributed by atoms with Gasteiger partial charge in [-0.15, -0.1) is 0 Å². The van der Waals surface area contributed by atoms with Crippen LogP contribution in [-0.4, -0.2) is 17.6 Å². The summed E-state index contributed by atoms with van der Waals surface area (Å²) in [5, 5.41) is 9.32. The number of para-hydroxylation sites is 1. The fraction of sp³-hybridized carbons (Fsp3) is 0.235. The van der Waals surface area contributed by atoms with Gasteiger partial charge in [-0.25, -0.2) is 9.18 Å². The summed E-state index contributed by atoms with van der Waals surface area (Å²) in [7, 11) is 0. The third-order valence-corrected chi connectivity index (χ3v) is 3.28. The highest BCUT2D eigenvalue weighted by Gasteiger charge is 2.18. The Balaban J connectivity index is 2.48. The van der Waals surface area contributed by atoms with Gasteiger partial charge in [0.15, 0.2) is 0 Å². The molecule has 0 saturated heterocycles. The molecule has 0 spiro atoms. The van der Waals surface area contributed by atoms with E-state index in [9.17, 15) is 14.3 Å². The summed E-state index contributed by atoms with van der Waals surface area (Å²) in [5.74, 6) is -1.67. The Morgan fingerprint density at radius 1 is 1.19 bits per heavy atom. The summed E-state index contributed by atoms with van der Waals surface area (Å²) in [6.07, 6.45) is 1.91. The maximum Gasteiger partial charge on any atom is 0.337 e. The minimum Gasteiger partial charge on any atom is -0.478 e. The zero-order valence-corrected chi connectivity index (χ0v) is 11.9. The third kappa shape index (κ3) is 3.60. The van der Waals surface area contributed by atoms with Gasteiger partial charge in [0, 0.05) is 12.2 Å². The van der Waals surface area contributed by atoms with E-state index in [1.54, 1.807) is 0 Å². The Labute approximate surface area is 123 Å². The number of unbranched alkanes of at least 4 members (excludes halogenated alkanes) is 1. The molecule has 3 nitrogen and oxygen atoms in total. The Bertz CT molecular complexity index is 613. The quantitative estimate of drug-likeness (QED) is 0.852. The van der Waals surface area contributed by atoms with E-state index in [2.05, 4.69) is 6.92 Å². The monoisotopic (exact) mass is 287 g/mol. The molecule has 0 amide bonds. The smallest absolute Gasteiger partial charge is 0.337 e. The molecule has 0 heterocycles. The number of carboxylic acids is 1. The topological polar surface area (TPSA) is 40.5 Å². The number of nitrogens with zero attached hydrogens (tertiary/aromatic N) is 1. The van der Waals surface area contributed by atoms with Crippen LogP contribution in [0.3, 0.4) is 0 Å². The van der Waals surface area contributed by atoms with Gasteiger partial charge in [0.2, 0.25) is 0 Å². The maximum absolute atomic E-state index is 13.3. The van der Waals surface area contributed by atoms with Crippen LogP contribution in [0.1, 0.15) is 30.1 Å². The van der Waals surface area contributed by atoms with Crippen LogP contribution in [0.4, 0.5) is 15.8 Å². The molecule has 4 heteroatoms. The highest BCUT2D eigenvalue weighted by atomic mass is 19.1. The molecular formula is C17H18FNO2. The molecule has 2 aromatic carbocycles. The Morgan fingerprint density at radius 3 is 2.52 bits per heavy atom. The average molecular weight is 287 g/mol. The van der Waals surface area contributed by atoms with Gasteiger partial charge in [-0.2, -0.15) is 0 Å². The van der Waals surface area contributed by atoms with E-state index < -0.39 is 11.8 Å². The van der Waals surface area contributed by atoms with Crippen molar-refractivity contribution in [2.45, 2.75) is 19.8 Å². The lowest BCUT2D eigenvalue weighted by atomic mass is 10.1. The van der Waals surface area contributed by atoms with E-state index in [0.29, 0.717) is 12.2 Å². The molecule has 0 fully saturated rings. The minimum absolute atomic E-state index is 0.0186. The molecule has 0 aromatic heterocycles. The van der Waals surface area contributed by atoms with E-state index in [1.807, 2.05) is 35.2 Å². The second-order valence-corrected chi connectivity index (χ2v) is 4.81. The molecule has 110 valence electrons. The number of halogens is 1. The largest absolute Gasteiger partial charge is 0.478 e. The summed E-state index contributed by atoms with van der Waals surface area (Å²) < 4.78 is 13.3. The van der Waals surface area contributed by atoms with Crippen LogP contribution in [0.25, 0.3) is 0 Å². The zero-order chi connectivity index (χ0) is 15.2. The van der Waals surface area contributed by atoms with E-state index in [0.717, 1.165) is 24.6 Å². The molecule has 21 heavy (non-hydrogen) atoms. The number of carbonyl (C=O) groups is 1. The van der Waals surface area contributed by atoms with Crippen LogP contribution in [0.15, 0.2) is 48.5 Å². The molecular weight excluding hydrogens is 269 g/mol. The van der Waals surface area contributed by atoms with E-state index >= 15 is 0 Å². The Morgan fingerprint density at radius 2 is 1.90 bits per heavy atom. The van der Waals surface area contributed by atoms with Crippen molar-refractivity contribution in [1.29, 1.82) is 0 Å². The molecule has 0 aliphatic heterocycles. The lowest BCUT2D eigenvalue weighted by Gasteiger charge is -2.26. The van der Waals surface area contributed by atoms with Crippen molar-refractivity contribution in [2.24, 2.45) is 0 Å². The zero-order valence-electron chi connectivity index (χ0n) is 11.9. The van der Waals surface area contributed by atoms with Crippen LogP contribution < -0.4 is 4.90 Å². The molecule has 0 aliphatic rings. The number of rotatable bonds is 6. The first-order chi connectivity index (χ1) is 10.1. The first-order valence-corrected chi connectivity index (χ1v) is 6.99. The summed E-state index contributed by atoms with van der Waals surface area (Å²) in [6, 6.07) is 13.4. The van der Waals surface area contributed by atoms with E-state index in [4.69, 9.17) is 0 Å². The van der Waals surface area contributed by atoms with Crippen molar-refractivity contribution in [3.05, 3.63) is 59.9 Å². The molecule has 2 rings (SSSR count). The number of aromatic carboxylic acids is 1. The second kappa shape index (κ2) is 6.88. The van der Waals surface area contributed by atoms with Crippen LogP contribution in [-0.2, 0) is 0 Å². The predicted molar refractivity (Wildman–Crippen MR) is 81.7 cm³/mol. The van der Waals surface area contributed by atoms with E-state index in [1.165, 1.54) is 12.1 Å². The van der Waals surface area contributed by atoms with E-state index in [-0.39, 0.29) is 5.56 Å². The van der Waals surface area contributed by atoms with Crippen molar-refractivity contribution in [3.63, 3.8) is 0 Å². The predicted octanol–water partition coefficient (Wildman–Crippen LogP) is 4.46. The molecule has 0 radical (unpaired) electrons. The summed E-state index contributed by atoms with van der Waals surface area (Å²) in [4.78, 5) is 13.3. The molecule has 0 saturated carbocycles. The van der Waals surface area contributed by atoms with Crippen LogP contribution >= 0.6 is 0 Å². The maximum atomic E-state index is 13.3. The molecule has 0 aliphatic carbocycles. The van der Waals surface area contributed by atoms with Gasteiger partial charge in [-0.1, -0.05) is 31.5 Å². The van der Waals surface area contributed by atoms with Crippen molar-refractivity contribution in [3.8, 4) is 0 Å². The number of benzene rings is 2. The number of hydrogen-bond donors (Lipinski definition) is 1. The molecule has 0 bridgehead atoms. The van der Waals surface area contributed by atoms with Crippen molar-refractivity contribution in [1.82, 2.24) is 0 Å². The Kier molecular flexibility index (Phi) is 4.93. The highest BCUT2D eigenvalue weighted by molar-refractivity contribution is 5.95. The first-order valence-electron chi connectivity index (χ1n) is 6.99. The Hall–Kier alpha value is -2.36. The fourth-order valence-corrected chi connectivity index (χ4v) is 2.23. The van der Waals surface area contributed by atoms with Crippen molar-refractivity contribution >= 4 is 17.3 Å². The summed E-state index contributed by atoms with van der Waals surface area (Å²) >= 11 is 0. The van der Waals surface area contributed by atoms with Gasteiger partial charge in [0.1, 0.15) is 5.82 Å². The molecule has 2 aromatic rings. The minimum atomic E-state index is -1.12. The molecule has 0 atom stereocenters. The summed E-state index contributed by atoms with van der Waals surface area (Å²) in [5.41, 5.74) is 1.40. The van der Waals surface area contributed by atoms with Gasteiger partial charge in [0.05, 0.1) is 11.3 Å². The van der Waals surface area contributed by atoms with Gasteiger partial charge >= 0.3 is 5.97 Å². The lowest BCUT2D eigenvalue weighted by Crippen LogP contribution is -2.21. The fourth-order valence-electron chi connectivity index (χ4n) is 2.23. The van der Waals surface area contributed by atoms with Gasteiger partial charge in [-0.05, 0) is 36.8 Å². The molecule has 1 N–H and O–H groups in total. The highest BCUT2D eigenvalue weighted by Crippen LogP contribution is 2.29. The number of anilines is 2. The van der Waals surface area contributed by atoms with Crippen LogP contribution in [0.5, 0.6) is 0 Å². The van der Waals surface area contributed by atoms with Gasteiger partial charge in [-0.3, -0.25) is 0 Å². The average Bonchev–Trinajstić information content (AvgIpc) is 2.49. The van der Waals surface area contributed by atoms with Crippen molar-refractivity contribution in [2.75, 3.05) is 11.4 Å². The first kappa shape index (κ1) is 15.0. The standard InChI is InChI=1S/C17H18FNO2/c1-2-3-11-19(14-7-5-4-6-8-14)16-10-9-13(18)12-15(16)17(20)21/h4-10,12H,2-3,11H2,1H3,(H,20,21). The van der Waals surface area contributed by atoms with Gasteiger partial charge < -0.3 is 10.0 Å². The van der Waals surface area contributed by atoms with Crippen LogP contribution in [0.2, 0.25) is 0 Å². The normalized spacial score (nSPS) is 10.4. The number of carboxylic acid groups (broad SMARTS) is 1. The SMILES string of the molecule is CCCCN(c1ccccc1)c1ccc(F)cc1C(=O)O. The second-order valence-electron chi connectivity index (χ2n) is 4.81. The van der Waals surface area contributed by atoms with Crippen LogP contribution in [0, 0.1) is 5.82 Å². The van der Waals surface area contributed by atoms with Crippen molar-refractivity contribution < 1.29 is 14.3 Å². The van der Waals surface area contributed by atoms with Gasteiger partial charge in [0.25, 0.3) is 0 Å².